The topological polar surface area (TPSA) is 54.9 Å². The number of carbonyl (C=O) groups excluding carboxylic acids is 1. The lowest BCUT2D eigenvalue weighted by molar-refractivity contribution is 0.0983. The lowest BCUT2D eigenvalue weighted by atomic mass is 10.2. The molecule has 3 aromatic rings. The number of likely N-dealkylation sites (N-methyl/N-ethyl adjacent to an activating group) is 1. The maximum atomic E-state index is 13.6. The Morgan fingerprint density at radius 1 is 0.970 bits per heavy atom. The van der Waals surface area contributed by atoms with Gasteiger partial charge in [-0.25, -0.2) is 4.98 Å². The Kier molecular flexibility index (Phi) is 9.51. The molecule has 178 valence electrons. The normalized spacial score (nSPS) is 11.2. The Labute approximate surface area is 201 Å². The molecule has 0 radical (unpaired) electrons. The molecule has 0 aliphatic rings. The summed E-state index contributed by atoms with van der Waals surface area (Å²) >= 11 is 1.53. The number of amides is 1. The highest BCUT2D eigenvalue weighted by atomic mass is 32.1. The van der Waals surface area contributed by atoms with E-state index in [1.165, 1.54) is 17.8 Å². The first-order valence-corrected chi connectivity index (χ1v) is 12.6. The lowest BCUT2D eigenvalue weighted by Crippen LogP contribution is -2.38. The molecule has 1 amide bonds. The van der Waals surface area contributed by atoms with Crippen molar-refractivity contribution in [2.24, 2.45) is 0 Å². The van der Waals surface area contributed by atoms with Gasteiger partial charge in [0.25, 0.3) is 5.91 Å². The monoisotopic (exact) mass is 469 g/mol. The standard InChI is InChI=1S/C26H35N3O3S/c1-5-8-9-18-32-21-12-10-20(11-13-21)25(30)29(17-16-28(6-2)7-3)26-27-23-19-22(31-4)14-15-24(23)33-26/h10-15,19H,5-9,16-18H2,1-4H3. The molecular weight excluding hydrogens is 434 g/mol. The molecule has 0 bridgehead atoms. The first-order valence-electron chi connectivity index (χ1n) is 11.8. The Bertz CT molecular complexity index is 1020. The number of nitrogens with zero attached hydrogens (tertiary/aromatic N) is 3. The van der Waals surface area contributed by atoms with Crippen LogP contribution >= 0.6 is 11.3 Å². The Morgan fingerprint density at radius 2 is 1.70 bits per heavy atom. The predicted molar refractivity (Wildman–Crippen MR) is 137 cm³/mol. The number of ether oxygens (including phenoxy) is 2. The molecule has 3 rings (SSSR count). The lowest BCUT2D eigenvalue weighted by Gasteiger charge is -2.24. The zero-order valence-electron chi connectivity index (χ0n) is 20.2. The second-order valence-electron chi connectivity index (χ2n) is 7.89. The molecule has 0 saturated heterocycles. The molecule has 7 heteroatoms. The van der Waals surface area contributed by atoms with Gasteiger partial charge in [-0.15, -0.1) is 0 Å². The number of unbranched alkanes of at least 4 members (excludes halogenated alkanes) is 2. The highest BCUT2D eigenvalue weighted by Crippen LogP contribution is 2.32. The summed E-state index contributed by atoms with van der Waals surface area (Å²) in [6.07, 6.45) is 3.36. The molecule has 0 fully saturated rings. The van der Waals surface area contributed by atoms with E-state index in [9.17, 15) is 4.79 Å². The van der Waals surface area contributed by atoms with Gasteiger partial charge in [-0.3, -0.25) is 9.69 Å². The van der Waals surface area contributed by atoms with Crippen LogP contribution in [0.4, 0.5) is 5.13 Å². The van der Waals surface area contributed by atoms with Crippen LogP contribution in [0.15, 0.2) is 42.5 Å². The van der Waals surface area contributed by atoms with Crippen LogP contribution in [-0.4, -0.2) is 55.7 Å². The zero-order valence-corrected chi connectivity index (χ0v) is 21.0. The van der Waals surface area contributed by atoms with Crippen molar-refractivity contribution in [3.8, 4) is 11.5 Å². The van der Waals surface area contributed by atoms with Gasteiger partial charge in [0.05, 0.1) is 23.9 Å². The van der Waals surface area contributed by atoms with E-state index in [2.05, 4.69) is 25.7 Å². The molecular formula is C26H35N3O3S. The molecule has 0 N–H and O–H groups in total. The quantitative estimate of drug-likeness (QED) is 0.293. The summed E-state index contributed by atoms with van der Waals surface area (Å²) in [6.45, 7) is 10.4. The maximum absolute atomic E-state index is 13.6. The van der Waals surface area contributed by atoms with Crippen molar-refractivity contribution in [1.82, 2.24) is 9.88 Å². The van der Waals surface area contributed by atoms with Crippen LogP contribution in [0.3, 0.4) is 0 Å². The summed E-state index contributed by atoms with van der Waals surface area (Å²) in [5.74, 6) is 1.50. The van der Waals surface area contributed by atoms with Crippen LogP contribution in [0.1, 0.15) is 50.4 Å². The molecule has 0 aliphatic carbocycles. The summed E-state index contributed by atoms with van der Waals surface area (Å²) in [6, 6.07) is 13.3. The average molecular weight is 470 g/mol. The molecule has 33 heavy (non-hydrogen) atoms. The molecule has 2 aromatic carbocycles. The Balaban J connectivity index is 1.82. The average Bonchev–Trinajstić information content (AvgIpc) is 3.27. The zero-order chi connectivity index (χ0) is 23.6. The number of aromatic nitrogens is 1. The van der Waals surface area contributed by atoms with Crippen molar-refractivity contribution in [2.45, 2.75) is 40.0 Å². The van der Waals surface area contributed by atoms with Gasteiger partial charge >= 0.3 is 0 Å². The van der Waals surface area contributed by atoms with Crippen LogP contribution in [0.2, 0.25) is 0 Å². The van der Waals surface area contributed by atoms with E-state index in [4.69, 9.17) is 14.5 Å². The van der Waals surface area contributed by atoms with Crippen molar-refractivity contribution in [2.75, 3.05) is 44.8 Å². The van der Waals surface area contributed by atoms with E-state index in [1.807, 2.05) is 42.5 Å². The number of hydrogen-bond donors (Lipinski definition) is 0. The fourth-order valence-electron chi connectivity index (χ4n) is 3.59. The number of hydrogen-bond acceptors (Lipinski definition) is 6. The summed E-state index contributed by atoms with van der Waals surface area (Å²) in [4.78, 5) is 22.4. The van der Waals surface area contributed by atoms with Gasteiger partial charge in [-0.05, 0) is 55.9 Å². The number of benzene rings is 2. The Morgan fingerprint density at radius 3 is 2.36 bits per heavy atom. The van der Waals surface area contributed by atoms with E-state index >= 15 is 0 Å². The van der Waals surface area contributed by atoms with E-state index < -0.39 is 0 Å². The van der Waals surface area contributed by atoms with Gasteiger partial charge in [0.2, 0.25) is 0 Å². The second-order valence-corrected chi connectivity index (χ2v) is 8.90. The molecule has 0 unspecified atom stereocenters. The molecule has 0 aliphatic heterocycles. The largest absolute Gasteiger partial charge is 0.497 e. The molecule has 0 spiro atoms. The molecule has 0 saturated carbocycles. The number of anilines is 1. The number of thiazole rings is 1. The SMILES string of the molecule is CCCCCOc1ccc(C(=O)N(CCN(CC)CC)c2nc3cc(OC)ccc3s2)cc1. The predicted octanol–water partition coefficient (Wildman–Crippen LogP) is 5.86. The highest BCUT2D eigenvalue weighted by molar-refractivity contribution is 7.22. The minimum Gasteiger partial charge on any atom is -0.497 e. The van der Waals surface area contributed by atoms with Crippen molar-refractivity contribution >= 4 is 32.6 Å². The fraction of sp³-hybridized carbons (Fsp3) is 0.462. The van der Waals surface area contributed by atoms with Gasteiger partial charge < -0.3 is 14.4 Å². The minimum atomic E-state index is -0.0503. The van der Waals surface area contributed by atoms with Crippen molar-refractivity contribution < 1.29 is 14.3 Å². The van der Waals surface area contributed by atoms with Gasteiger partial charge in [0.1, 0.15) is 11.5 Å². The van der Waals surface area contributed by atoms with Gasteiger partial charge in [-0.2, -0.15) is 0 Å². The smallest absolute Gasteiger partial charge is 0.260 e. The third-order valence-electron chi connectivity index (χ3n) is 5.71. The van der Waals surface area contributed by atoms with Crippen molar-refractivity contribution in [1.29, 1.82) is 0 Å². The van der Waals surface area contributed by atoms with E-state index in [-0.39, 0.29) is 5.91 Å². The van der Waals surface area contributed by atoms with E-state index in [0.29, 0.717) is 23.8 Å². The van der Waals surface area contributed by atoms with Crippen LogP contribution in [0.25, 0.3) is 10.2 Å². The molecule has 1 aromatic heterocycles. The van der Waals surface area contributed by atoms with Gasteiger partial charge in [0.15, 0.2) is 5.13 Å². The summed E-state index contributed by atoms with van der Waals surface area (Å²) in [5.41, 5.74) is 1.47. The fourth-order valence-corrected chi connectivity index (χ4v) is 4.56. The van der Waals surface area contributed by atoms with Crippen LogP contribution in [0.5, 0.6) is 11.5 Å². The Hall–Kier alpha value is -2.64. The maximum Gasteiger partial charge on any atom is 0.260 e. The van der Waals surface area contributed by atoms with E-state index in [1.54, 1.807) is 12.0 Å². The summed E-state index contributed by atoms with van der Waals surface area (Å²) < 4.78 is 12.2. The number of methoxy groups -OCH3 is 1. The molecule has 1 heterocycles. The van der Waals surface area contributed by atoms with Crippen LogP contribution in [0, 0.1) is 0 Å². The molecule has 6 nitrogen and oxygen atoms in total. The minimum absolute atomic E-state index is 0.0503. The number of fused-ring (bicyclic) bond motifs is 1. The van der Waals surface area contributed by atoms with Gasteiger partial charge in [0, 0.05) is 24.7 Å². The second kappa shape index (κ2) is 12.6. The van der Waals surface area contributed by atoms with Crippen molar-refractivity contribution in [3.63, 3.8) is 0 Å². The summed E-state index contributed by atoms with van der Waals surface area (Å²) in [7, 11) is 1.64. The third kappa shape index (κ3) is 6.68. The summed E-state index contributed by atoms with van der Waals surface area (Å²) in [5, 5.41) is 0.704. The highest BCUT2D eigenvalue weighted by Gasteiger charge is 2.22. The van der Waals surface area contributed by atoms with Crippen molar-refractivity contribution in [3.05, 3.63) is 48.0 Å². The third-order valence-corrected chi connectivity index (χ3v) is 6.77. The molecule has 0 atom stereocenters. The van der Waals surface area contributed by atoms with E-state index in [0.717, 1.165) is 54.2 Å². The van der Waals surface area contributed by atoms with Crippen LogP contribution in [-0.2, 0) is 0 Å². The van der Waals surface area contributed by atoms with Crippen LogP contribution < -0.4 is 14.4 Å². The number of carbonyl (C=O) groups is 1. The first kappa shape index (κ1) is 25.0. The number of rotatable bonds is 13. The first-order chi connectivity index (χ1) is 16.1. The van der Waals surface area contributed by atoms with Gasteiger partial charge in [-0.1, -0.05) is 44.9 Å².